The Morgan fingerprint density at radius 1 is 1.28 bits per heavy atom. The lowest BCUT2D eigenvalue weighted by Gasteiger charge is -2.20. The number of carbonyl (C=O) groups excluding carboxylic acids is 1. The second-order valence-corrected chi connectivity index (χ2v) is 7.26. The van der Waals surface area contributed by atoms with Crippen LogP contribution in [0.25, 0.3) is 10.9 Å². The molecule has 7 nitrogen and oxygen atoms in total. The SMILES string of the molecule is Cc1cccc2c(=O)n(CC(=O)NCCc3cc(Cl)c4c(c3)OCCO4)cnc12. The summed E-state index contributed by atoms with van der Waals surface area (Å²) in [6.45, 7) is 3.18. The number of para-hydroxylation sites is 1. The second-order valence-electron chi connectivity index (χ2n) is 6.85. The van der Waals surface area contributed by atoms with E-state index in [1.54, 1.807) is 12.1 Å². The van der Waals surface area contributed by atoms with Crippen molar-refractivity contribution in [1.82, 2.24) is 14.9 Å². The lowest BCUT2D eigenvalue weighted by Crippen LogP contribution is -2.33. The van der Waals surface area contributed by atoms with E-state index in [-0.39, 0.29) is 18.0 Å². The predicted octanol–water partition coefficient (Wildman–Crippen LogP) is 2.49. The third-order valence-corrected chi connectivity index (χ3v) is 5.04. The largest absolute Gasteiger partial charge is 0.486 e. The Morgan fingerprint density at radius 2 is 2.10 bits per heavy atom. The van der Waals surface area contributed by atoms with Crippen molar-refractivity contribution in [3.05, 3.63) is 63.2 Å². The first-order chi connectivity index (χ1) is 14.0. The molecule has 0 unspecified atom stereocenters. The van der Waals surface area contributed by atoms with E-state index >= 15 is 0 Å². The summed E-state index contributed by atoms with van der Waals surface area (Å²) in [7, 11) is 0. The van der Waals surface area contributed by atoms with Gasteiger partial charge in [0.1, 0.15) is 19.8 Å². The van der Waals surface area contributed by atoms with Crippen LogP contribution in [0.2, 0.25) is 5.02 Å². The highest BCUT2D eigenvalue weighted by Gasteiger charge is 2.16. The average Bonchev–Trinajstić information content (AvgIpc) is 2.71. The fourth-order valence-electron chi connectivity index (χ4n) is 3.32. The number of rotatable bonds is 5. The summed E-state index contributed by atoms with van der Waals surface area (Å²) >= 11 is 6.23. The monoisotopic (exact) mass is 413 g/mol. The average molecular weight is 414 g/mol. The van der Waals surface area contributed by atoms with E-state index in [4.69, 9.17) is 21.1 Å². The van der Waals surface area contributed by atoms with Gasteiger partial charge in [-0.25, -0.2) is 4.98 Å². The van der Waals surface area contributed by atoms with Crippen molar-refractivity contribution >= 4 is 28.4 Å². The van der Waals surface area contributed by atoms with Gasteiger partial charge in [-0.3, -0.25) is 14.2 Å². The van der Waals surface area contributed by atoms with Crippen molar-refractivity contribution < 1.29 is 14.3 Å². The van der Waals surface area contributed by atoms with E-state index < -0.39 is 0 Å². The Labute approximate surface area is 172 Å². The van der Waals surface area contributed by atoms with Crippen LogP contribution in [0.15, 0.2) is 41.5 Å². The Hall–Kier alpha value is -3.06. The van der Waals surface area contributed by atoms with Gasteiger partial charge in [0, 0.05) is 6.54 Å². The number of fused-ring (bicyclic) bond motifs is 2. The van der Waals surface area contributed by atoms with Crippen LogP contribution in [0.3, 0.4) is 0 Å². The number of aromatic nitrogens is 2. The molecule has 1 aliphatic rings. The van der Waals surface area contributed by atoms with Gasteiger partial charge in [0.25, 0.3) is 5.56 Å². The van der Waals surface area contributed by atoms with E-state index in [2.05, 4.69) is 10.3 Å². The molecule has 0 atom stereocenters. The number of benzene rings is 2. The number of aryl methyl sites for hydroxylation is 1. The molecule has 1 aromatic heterocycles. The van der Waals surface area contributed by atoms with Gasteiger partial charge in [-0.15, -0.1) is 0 Å². The maximum atomic E-state index is 12.6. The zero-order valence-electron chi connectivity index (χ0n) is 15.9. The fraction of sp³-hybridized carbons (Fsp3) is 0.286. The summed E-state index contributed by atoms with van der Waals surface area (Å²) in [4.78, 5) is 29.2. The molecule has 3 aromatic rings. The Bertz CT molecular complexity index is 1140. The highest BCUT2D eigenvalue weighted by molar-refractivity contribution is 6.32. The minimum Gasteiger partial charge on any atom is -0.486 e. The van der Waals surface area contributed by atoms with Crippen LogP contribution in [0, 0.1) is 6.92 Å². The van der Waals surface area contributed by atoms with E-state index in [1.807, 2.05) is 25.1 Å². The molecule has 150 valence electrons. The highest BCUT2D eigenvalue weighted by atomic mass is 35.5. The quantitative estimate of drug-likeness (QED) is 0.694. The van der Waals surface area contributed by atoms with Crippen molar-refractivity contribution in [3.63, 3.8) is 0 Å². The Kier molecular flexibility index (Phi) is 5.40. The molecule has 0 aliphatic carbocycles. The zero-order chi connectivity index (χ0) is 20.4. The normalized spacial score (nSPS) is 12.8. The topological polar surface area (TPSA) is 82.5 Å². The zero-order valence-corrected chi connectivity index (χ0v) is 16.7. The number of ether oxygens (including phenoxy) is 2. The van der Waals surface area contributed by atoms with Crippen LogP contribution in [0.1, 0.15) is 11.1 Å². The first kappa shape index (κ1) is 19.3. The molecule has 4 rings (SSSR count). The van der Waals surface area contributed by atoms with Crippen molar-refractivity contribution in [2.24, 2.45) is 0 Å². The number of nitrogens with zero attached hydrogens (tertiary/aromatic N) is 2. The van der Waals surface area contributed by atoms with Gasteiger partial charge in [-0.2, -0.15) is 0 Å². The van der Waals surface area contributed by atoms with Crippen LogP contribution < -0.4 is 20.3 Å². The van der Waals surface area contributed by atoms with Gasteiger partial charge in [0.2, 0.25) is 5.91 Å². The molecule has 1 amide bonds. The maximum Gasteiger partial charge on any atom is 0.261 e. The predicted molar refractivity (Wildman–Crippen MR) is 110 cm³/mol. The van der Waals surface area contributed by atoms with E-state index in [0.29, 0.717) is 53.6 Å². The molecule has 1 N–H and O–H groups in total. The summed E-state index contributed by atoms with van der Waals surface area (Å²) in [5, 5.41) is 3.82. The molecular weight excluding hydrogens is 394 g/mol. The fourth-order valence-corrected chi connectivity index (χ4v) is 3.60. The summed E-state index contributed by atoms with van der Waals surface area (Å²) in [6, 6.07) is 9.10. The number of carbonyl (C=O) groups is 1. The first-order valence-electron chi connectivity index (χ1n) is 9.32. The van der Waals surface area contributed by atoms with Crippen LogP contribution in [-0.2, 0) is 17.8 Å². The van der Waals surface area contributed by atoms with E-state index in [1.165, 1.54) is 10.9 Å². The van der Waals surface area contributed by atoms with Gasteiger partial charge in [0.15, 0.2) is 11.5 Å². The lowest BCUT2D eigenvalue weighted by molar-refractivity contribution is -0.121. The molecule has 1 aliphatic heterocycles. The summed E-state index contributed by atoms with van der Waals surface area (Å²) in [6.07, 6.45) is 1.99. The summed E-state index contributed by atoms with van der Waals surface area (Å²) < 4.78 is 12.4. The van der Waals surface area contributed by atoms with Gasteiger partial charge in [-0.05, 0) is 42.7 Å². The third-order valence-electron chi connectivity index (χ3n) is 4.76. The lowest BCUT2D eigenvalue weighted by atomic mass is 10.1. The first-order valence-corrected chi connectivity index (χ1v) is 9.70. The summed E-state index contributed by atoms with van der Waals surface area (Å²) in [5.74, 6) is 0.919. The molecule has 8 heteroatoms. The number of halogens is 1. The number of hydrogen-bond acceptors (Lipinski definition) is 5. The standard InChI is InChI=1S/C21H20ClN3O4/c1-13-3-2-4-15-19(13)24-12-25(21(15)27)11-18(26)23-6-5-14-9-16(22)20-17(10-14)28-7-8-29-20/h2-4,9-10,12H,5-8,11H2,1H3,(H,23,26). The second kappa shape index (κ2) is 8.13. The number of nitrogens with one attached hydrogen (secondary N) is 1. The molecule has 0 saturated carbocycles. The minimum absolute atomic E-state index is 0.0857. The van der Waals surface area contributed by atoms with E-state index in [9.17, 15) is 9.59 Å². The van der Waals surface area contributed by atoms with Crippen LogP contribution >= 0.6 is 11.6 Å². The van der Waals surface area contributed by atoms with Crippen molar-refractivity contribution in [1.29, 1.82) is 0 Å². The Balaban J connectivity index is 1.39. The van der Waals surface area contributed by atoms with Crippen molar-refractivity contribution in [2.75, 3.05) is 19.8 Å². The molecule has 2 aromatic carbocycles. The van der Waals surface area contributed by atoms with Crippen LogP contribution in [0.5, 0.6) is 11.5 Å². The van der Waals surface area contributed by atoms with Gasteiger partial charge >= 0.3 is 0 Å². The molecule has 2 heterocycles. The molecule has 0 radical (unpaired) electrons. The molecule has 0 fully saturated rings. The maximum absolute atomic E-state index is 12.6. The van der Waals surface area contributed by atoms with Gasteiger partial charge in [-0.1, -0.05) is 23.7 Å². The molecule has 0 saturated heterocycles. The number of amides is 1. The van der Waals surface area contributed by atoms with Gasteiger partial charge < -0.3 is 14.8 Å². The van der Waals surface area contributed by atoms with Crippen LogP contribution in [-0.4, -0.2) is 35.2 Å². The molecular formula is C21H20ClN3O4. The van der Waals surface area contributed by atoms with Crippen molar-refractivity contribution in [2.45, 2.75) is 19.9 Å². The van der Waals surface area contributed by atoms with Gasteiger partial charge in [0.05, 0.1) is 22.3 Å². The molecule has 0 spiro atoms. The van der Waals surface area contributed by atoms with E-state index in [0.717, 1.165) is 11.1 Å². The minimum atomic E-state index is -0.260. The smallest absolute Gasteiger partial charge is 0.261 e. The highest BCUT2D eigenvalue weighted by Crippen LogP contribution is 2.38. The Morgan fingerprint density at radius 3 is 2.97 bits per heavy atom. The third kappa shape index (κ3) is 4.05. The molecule has 29 heavy (non-hydrogen) atoms. The molecule has 0 bridgehead atoms. The van der Waals surface area contributed by atoms with Crippen molar-refractivity contribution in [3.8, 4) is 11.5 Å². The number of hydrogen-bond donors (Lipinski definition) is 1. The van der Waals surface area contributed by atoms with Crippen LogP contribution in [0.4, 0.5) is 0 Å². The summed E-state index contributed by atoms with van der Waals surface area (Å²) in [5.41, 5.74) is 2.28.